The summed E-state index contributed by atoms with van der Waals surface area (Å²) in [4.78, 5) is 26.3. The van der Waals surface area contributed by atoms with Gasteiger partial charge in [-0.15, -0.1) is 16.4 Å². The van der Waals surface area contributed by atoms with Gasteiger partial charge in [0.15, 0.2) is 0 Å². The molecule has 0 aliphatic heterocycles. The number of nitrogens with one attached hydrogen (secondary N) is 1. The molecule has 1 amide bonds. The number of esters is 1. The molecule has 0 saturated heterocycles. The number of ether oxygens (including phenoxy) is 1. The molecule has 8 nitrogen and oxygen atoms in total. The number of nitrogens with zero attached hydrogens (tertiary/aromatic N) is 4. The number of carbonyl (C=O) groups is 2. The molecule has 0 fully saturated rings. The number of hydrogen-bond donors (Lipinski definition) is 1. The van der Waals surface area contributed by atoms with Crippen molar-refractivity contribution in [3.63, 3.8) is 0 Å². The van der Waals surface area contributed by atoms with Crippen molar-refractivity contribution >= 4 is 40.0 Å². The number of hydrogen-bond acceptors (Lipinski definition) is 8. The van der Waals surface area contributed by atoms with Gasteiger partial charge in [0.25, 0.3) is 0 Å². The van der Waals surface area contributed by atoms with Crippen molar-refractivity contribution in [2.24, 2.45) is 0 Å². The summed E-state index contributed by atoms with van der Waals surface area (Å²) in [5.74, 6) is -0.467. The topological polar surface area (TPSA) is 99.0 Å². The zero-order valence-corrected chi connectivity index (χ0v) is 19.2. The number of fused-ring (bicyclic) bond motifs is 1. The first kappa shape index (κ1) is 21.5. The van der Waals surface area contributed by atoms with E-state index < -0.39 is 0 Å². The molecule has 4 rings (SSSR count). The number of rotatable bonds is 7. The van der Waals surface area contributed by atoms with Gasteiger partial charge in [-0.2, -0.15) is 4.68 Å². The second-order valence-electron chi connectivity index (χ2n) is 7.28. The van der Waals surface area contributed by atoms with Gasteiger partial charge < -0.3 is 10.1 Å². The Morgan fingerprint density at radius 2 is 2.13 bits per heavy atom. The van der Waals surface area contributed by atoms with E-state index in [0.717, 1.165) is 46.5 Å². The minimum atomic E-state index is -0.372. The van der Waals surface area contributed by atoms with Crippen LogP contribution in [0.5, 0.6) is 0 Å². The molecule has 0 spiro atoms. The minimum Gasteiger partial charge on any atom is -0.462 e. The van der Waals surface area contributed by atoms with Crippen LogP contribution in [0.1, 0.15) is 45.3 Å². The van der Waals surface area contributed by atoms with Crippen LogP contribution in [-0.4, -0.2) is 44.4 Å². The van der Waals surface area contributed by atoms with E-state index in [1.807, 2.05) is 26.0 Å². The van der Waals surface area contributed by atoms with Crippen LogP contribution in [0.15, 0.2) is 23.4 Å². The van der Waals surface area contributed by atoms with Crippen molar-refractivity contribution in [2.45, 2.75) is 45.2 Å². The second kappa shape index (κ2) is 9.19. The summed E-state index contributed by atoms with van der Waals surface area (Å²) in [6, 6.07) is 6.02. The van der Waals surface area contributed by atoms with E-state index in [1.54, 1.807) is 11.6 Å². The zero-order valence-electron chi connectivity index (χ0n) is 17.6. The molecular weight excluding hydrogens is 434 g/mol. The van der Waals surface area contributed by atoms with Gasteiger partial charge in [0.2, 0.25) is 11.1 Å². The number of thiophene rings is 1. The average molecular weight is 458 g/mol. The summed E-state index contributed by atoms with van der Waals surface area (Å²) < 4.78 is 6.85. The molecule has 1 aliphatic rings. The van der Waals surface area contributed by atoms with E-state index in [1.165, 1.54) is 23.1 Å². The Labute approximate surface area is 188 Å². The zero-order chi connectivity index (χ0) is 22.0. The maximum atomic E-state index is 12.7. The lowest BCUT2D eigenvalue weighted by Crippen LogP contribution is -2.17. The molecule has 162 valence electrons. The highest BCUT2D eigenvalue weighted by Crippen LogP contribution is 2.39. The molecule has 1 aromatic carbocycles. The van der Waals surface area contributed by atoms with E-state index in [0.29, 0.717) is 22.3 Å². The molecule has 2 heterocycles. The third kappa shape index (κ3) is 4.49. The van der Waals surface area contributed by atoms with Gasteiger partial charge in [-0.25, -0.2) is 4.79 Å². The van der Waals surface area contributed by atoms with E-state index in [-0.39, 0.29) is 17.6 Å². The molecular formula is C21H23N5O3S2. The summed E-state index contributed by atoms with van der Waals surface area (Å²) in [7, 11) is 0. The highest BCUT2D eigenvalue weighted by molar-refractivity contribution is 7.99. The molecule has 0 bridgehead atoms. The summed E-state index contributed by atoms with van der Waals surface area (Å²) >= 11 is 2.72. The largest absolute Gasteiger partial charge is 0.462 e. The Hall–Kier alpha value is -2.72. The molecule has 1 aliphatic carbocycles. The first-order chi connectivity index (χ1) is 15.0. The van der Waals surface area contributed by atoms with Gasteiger partial charge >= 0.3 is 5.97 Å². The smallest absolute Gasteiger partial charge is 0.341 e. The third-order valence-electron chi connectivity index (χ3n) is 5.01. The molecule has 1 N–H and O–H groups in total. The van der Waals surface area contributed by atoms with Crippen molar-refractivity contribution in [3.05, 3.63) is 45.3 Å². The maximum Gasteiger partial charge on any atom is 0.341 e. The van der Waals surface area contributed by atoms with E-state index in [4.69, 9.17) is 4.74 Å². The molecule has 0 radical (unpaired) electrons. The molecule has 2 aromatic heterocycles. The Bertz CT molecular complexity index is 1140. The lowest BCUT2D eigenvalue weighted by molar-refractivity contribution is -0.113. The molecule has 0 saturated carbocycles. The van der Waals surface area contributed by atoms with Crippen LogP contribution in [0.25, 0.3) is 5.69 Å². The Kier molecular flexibility index (Phi) is 6.38. The highest BCUT2D eigenvalue weighted by Gasteiger charge is 2.28. The molecule has 10 heteroatoms. The summed E-state index contributed by atoms with van der Waals surface area (Å²) in [5.41, 5.74) is 4.61. The van der Waals surface area contributed by atoms with Crippen molar-refractivity contribution in [1.82, 2.24) is 20.2 Å². The molecule has 0 atom stereocenters. The van der Waals surface area contributed by atoms with Crippen LogP contribution in [0.2, 0.25) is 0 Å². The average Bonchev–Trinajstić information content (AvgIpc) is 3.42. The maximum absolute atomic E-state index is 12.7. The van der Waals surface area contributed by atoms with Crippen molar-refractivity contribution in [1.29, 1.82) is 0 Å². The highest BCUT2D eigenvalue weighted by atomic mass is 32.2. The van der Waals surface area contributed by atoms with Crippen LogP contribution in [0, 0.1) is 13.8 Å². The van der Waals surface area contributed by atoms with Crippen LogP contribution < -0.4 is 5.32 Å². The number of carbonyl (C=O) groups excluding carboxylic acids is 2. The van der Waals surface area contributed by atoms with Gasteiger partial charge in [-0.3, -0.25) is 4.79 Å². The molecule has 31 heavy (non-hydrogen) atoms. The van der Waals surface area contributed by atoms with E-state index >= 15 is 0 Å². The lowest BCUT2D eigenvalue weighted by atomic mass is 10.1. The number of amides is 1. The standard InChI is InChI=1S/C21H23N5O3S2/c1-4-29-20(28)18-14-6-5-7-16(14)31-19(18)22-17(27)11-30-21-23-24-25-26(21)15-9-8-12(2)10-13(15)3/h8-10H,4-7,11H2,1-3H3,(H,22,27). The monoisotopic (exact) mass is 457 g/mol. The number of thioether (sulfide) groups is 1. The molecule has 3 aromatic rings. The van der Waals surface area contributed by atoms with Crippen molar-refractivity contribution in [3.8, 4) is 5.69 Å². The summed E-state index contributed by atoms with van der Waals surface area (Å²) in [6.07, 6.45) is 2.80. The summed E-state index contributed by atoms with van der Waals surface area (Å²) in [6.45, 7) is 6.10. The predicted molar refractivity (Wildman–Crippen MR) is 120 cm³/mol. The fourth-order valence-corrected chi connectivity index (χ4v) is 5.64. The Morgan fingerprint density at radius 1 is 1.29 bits per heavy atom. The third-order valence-corrected chi connectivity index (χ3v) is 7.13. The quantitative estimate of drug-likeness (QED) is 0.426. The van der Waals surface area contributed by atoms with E-state index in [2.05, 4.69) is 26.9 Å². The SMILES string of the molecule is CCOC(=O)c1c(NC(=O)CSc2nnnn2-c2ccc(C)cc2C)sc2c1CCC2. The van der Waals surface area contributed by atoms with Crippen molar-refractivity contribution in [2.75, 3.05) is 17.7 Å². The Balaban J connectivity index is 1.47. The van der Waals surface area contributed by atoms with Gasteiger partial charge in [0, 0.05) is 4.88 Å². The predicted octanol–water partition coefficient (Wildman–Crippen LogP) is 3.74. The van der Waals surface area contributed by atoms with Crippen LogP contribution in [0.4, 0.5) is 5.00 Å². The number of aryl methyl sites for hydroxylation is 3. The minimum absolute atomic E-state index is 0.121. The number of aromatic nitrogens is 4. The van der Waals surface area contributed by atoms with Gasteiger partial charge in [-0.05, 0) is 67.7 Å². The molecule has 0 unspecified atom stereocenters. The van der Waals surface area contributed by atoms with Crippen LogP contribution >= 0.6 is 23.1 Å². The fraction of sp³-hybridized carbons (Fsp3) is 0.381. The first-order valence-electron chi connectivity index (χ1n) is 10.1. The second-order valence-corrected chi connectivity index (χ2v) is 9.33. The first-order valence-corrected chi connectivity index (χ1v) is 11.9. The lowest BCUT2D eigenvalue weighted by Gasteiger charge is -2.09. The van der Waals surface area contributed by atoms with Crippen LogP contribution in [0.3, 0.4) is 0 Å². The summed E-state index contributed by atoms with van der Waals surface area (Å²) in [5, 5.41) is 15.9. The number of benzene rings is 1. The van der Waals surface area contributed by atoms with Gasteiger partial charge in [0.1, 0.15) is 5.00 Å². The number of anilines is 1. The van der Waals surface area contributed by atoms with Gasteiger partial charge in [0.05, 0.1) is 23.6 Å². The normalized spacial score (nSPS) is 12.6. The van der Waals surface area contributed by atoms with Crippen molar-refractivity contribution < 1.29 is 14.3 Å². The van der Waals surface area contributed by atoms with Gasteiger partial charge in [-0.1, -0.05) is 29.5 Å². The number of tetrazole rings is 1. The Morgan fingerprint density at radius 3 is 2.90 bits per heavy atom. The van der Waals surface area contributed by atoms with Crippen LogP contribution in [-0.2, 0) is 22.4 Å². The van der Waals surface area contributed by atoms with E-state index in [9.17, 15) is 9.59 Å². The fourth-order valence-electron chi connectivity index (χ4n) is 3.67.